The molecule has 1 aromatic rings. The number of rotatable bonds is 8. The Morgan fingerprint density at radius 1 is 1.09 bits per heavy atom. The number of aliphatic imine (C=N–C) groups is 1. The minimum atomic E-state index is 0.167. The lowest BCUT2D eigenvalue weighted by Crippen LogP contribution is -2.55. The standard InChI is InChI=1S/C23H40N6O3/c1-24-23(25-15-19-17-27(2)8-9-28(19)3)26-16-20(29-10-12-32-13-11-29)18-6-7-21(30-4)22(14-18)31-5/h6-7,14,19-20H,8-13,15-17H2,1-5H3,(H2,24,25,26). The number of hydrogen-bond donors (Lipinski definition) is 2. The molecule has 2 heterocycles. The van der Waals surface area contributed by atoms with Crippen LogP contribution in [0.4, 0.5) is 0 Å². The highest BCUT2D eigenvalue weighted by atomic mass is 16.5. The van der Waals surface area contributed by atoms with Gasteiger partial charge in [-0.1, -0.05) is 6.07 Å². The molecule has 0 radical (unpaired) electrons. The van der Waals surface area contributed by atoms with Crippen molar-refractivity contribution >= 4 is 5.96 Å². The predicted octanol–water partition coefficient (Wildman–Crippen LogP) is 0.488. The Hall–Kier alpha value is -2.07. The van der Waals surface area contributed by atoms with Gasteiger partial charge in [0.1, 0.15) is 0 Å². The number of likely N-dealkylation sites (N-methyl/N-ethyl adjacent to an activating group) is 2. The molecule has 2 aliphatic rings. The van der Waals surface area contributed by atoms with Gasteiger partial charge < -0.3 is 29.7 Å². The number of guanidine groups is 1. The fourth-order valence-electron chi connectivity index (χ4n) is 4.36. The van der Waals surface area contributed by atoms with Crippen molar-refractivity contribution in [2.24, 2.45) is 4.99 Å². The summed E-state index contributed by atoms with van der Waals surface area (Å²) in [6.45, 7) is 8.14. The molecule has 0 saturated carbocycles. The fraction of sp³-hybridized carbons (Fsp3) is 0.696. The molecule has 32 heavy (non-hydrogen) atoms. The van der Waals surface area contributed by atoms with Crippen LogP contribution in [0.5, 0.6) is 11.5 Å². The summed E-state index contributed by atoms with van der Waals surface area (Å²) in [6, 6.07) is 6.80. The Bertz CT molecular complexity index is 740. The molecule has 3 rings (SSSR count). The highest BCUT2D eigenvalue weighted by Crippen LogP contribution is 2.32. The Kier molecular flexibility index (Phi) is 9.40. The Morgan fingerprint density at radius 3 is 2.53 bits per heavy atom. The van der Waals surface area contributed by atoms with Crippen molar-refractivity contribution in [3.8, 4) is 11.5 Å². The number of nitrogens with zero attached hydrogens (tertiary/aromatic N) is 4. The zero-order chi connectivity index (χ0) is 22.9. The highest BCUT2D eigenvalue weighted by molar-refractivity contribution is 5.79. The van der Waals surface area contributed by atoms with Crippen LogP contribution in [0, 0.1) is 0 Å². The first kappa shape index (κ1) is 24.6. The second-order valence-corrected chi connectivity index (χ2v) is 8.51. The number of hydrogen-bond acceptors (Lipinski definition) is 7. The van der Waals surface area contributed by atoms with E-state index in [-0.39, 0.29) is 6.04 Å². The largest absolute Gasteiger partial charge is 0.493 e. The molecule has 9 nitrogen and oxygen atoms in total. The fourth-order valence-corrected chi connectivity index (χ4v) is 4.36. The van der Waals surface area contributed by atoms with Crippen molar-refractivity contribution in [2.75, 3.05) is 94.4 Å². The molecule has 0 amide bonds. The molecule has 2 atom stereocenters. The molecule has 2 saturated heterocycles. The van der Waals surface area contributed by atoms with Crippen molar-refractivity contribution in [2.45, 2.75) is 12.1 Å². The monoisotopic (exact) mass is 448 g/mol. The molecule has 2 N–H and O–H groups in total. The maximum Gasteiger partial charge on any atom is 0.191 e. The minimum absolute atomic E-state index is 0.167. The van der Waals surface area contributed by atoms with E-state index in [0.29, 0.717) is 6.04 Å². The molecule has 2 aliphatic heterocycles. The summed E-state index contributed by atoms with van der Waals surface area (Å²) in [5.74, 6) is 2.31. The van der Waals surface area contributed by atoms with E-state index in [4.69, 9.17) is 14.2 Å². The smallest absolute Gasteiger partial charge is 0.191 e. The normalized spacial score (nSPS) is 22.4. The topological polar surface area (TPSA) is 73.8 Å². The van der Waals surface area contributed by atoms with E-state index in [2.05, 4.69) is 56.6 Å². The Labute approximate surface area is 192 Å². The first-order valence-electron chi connectivity index (χ1n) is 11.4. The summed E-state index contributed by atoms with van der Waals surface area (Å²) in [5, 5.41) is 7.07. The van der Waals surface area contributed by atoms with Gasteiger partial charge in [0, 0.05) is 58.9 Å². The van der Waals surface area contributed by atoms with Gasteiger partial charge in [-0.2, -0.15) is 0 Å². The van der Waals surface area contributed by atoms with Crippen LogP contribution in [0.15, 0.2) is 23.2 Å². The van der Waals surface area contributed by atoms with Crippen molar-refractivity contribution in [1.82, 2.24) is 25.3 Å². The van der Waals surface area contributed by atoms with Crippen LogP contribution >= 0.6 is 0 Å². The number of nitrogens with one attached hydrogen (secondary N) is 2. The predicted molar refractivity (Wildman–Crippen MR) is 128 cm³/mol. The second kappa shape index (κ2) is 12.2. The third-order valence-corrected chi connectivity index (χ3v) is 6.45. The molecule has 2 fully saturated rings. The lowest BCUT2D eigenvalue weighted by Gasteiger charge is -2.38. The van der Waals surface area contributed by atoms with E-state index in [9.17, 15) is 0 Å². The third kappa shape index (κ3) is 6.48. The van der Waals surface area contributed by atoms with Gasteiger partial charge >= 0.3 is 0 Å². The van der Waals surface area contributed by atoms with Gasteiger partial charge in [-0.3, -0.25) is 14.8 Å². The van der Waals surface area contributed by atoms with Crippen molar-refractivity contribution in [1.29, 1.82) is 0 Å². The van der Waals surface area contributed by atoms with E-state index in [0.717, 1.165) is 76.5 Å². The maximum atomic E-state index is 5.59. The zero-order valence-electron chi connectivity index (χ0n) is 20.3. The molecule has 1 aromatic carbocycles. The van der Waals surface area contributed by atoms with Crippen LogP contribution in [0.25, 0.3) is 0 Å². The Balaban J connectivity index is 1.66. The van der Waals surface area contributed by atoms with Gasteiger partial charge in [-0.15, -0.1) is 0 Å². The quantitative estimate of drug-likeness (QED) is 0.440. The highest BCUT2D eigenvalue weighted by Gasteiger charge is 2.25. The van der Waals surface area contributed by atoms with Crippen molar-refractivity contribution < 1.29 is 14.2 Å². The van der Waals surface area contributed by atoms with E-state index in [1.807, 2.05) is 13.1 Å². The van der Waals surface area contributed by atoms with E-state index < -0.39 is 0 Å². The van der Waals surface area contributed by atoms with Crippen LogP contribution in [0.3, 0.4) is 0 Å². The molecular weight excluding hydrogens is 408 g/mol. The van der Waals surface area contributed by atoms with Gasteiger partial charge in [-0.05, 0) is 31.8 Å². The molecular formula is C23H40N6O3. The molecule has 9 heteroatoms. The molecule has 0 bridgehead atoms. The van der Waals surface area contributed by atoms with Gasteiger partial charge in [0.25, 0.3) is 0 Å². The summed E-state index contributed by atoms with van der Waals surface area (Å²) in [7, 11) is 9.54. The maximum absolute atomic E-state index is 5.59. The number of ether oxygens (including phenoxy) is 3. The van der Waals surface area contributed by atoms with Crippen LogP contribution in [-0.4, -0.2) is 121 Å². The van der Waals surface area contributed by atoms with E-state index in [1.54, 1.807) is 14.2 Å². The Morgan fingerprint density at radius 2 is 1.84 bits per heavy atom. The first-order chi connectivity index (χ1) is 15.5. The van der Waals surface area contributed by atoms with E-state index >= 15 is 0 Å². The summed E-state index contributed by atoms with van der Waals surface area (Å²) in [4.78, 5) is 11.7. The number of methoxy groups -OCH3 is 2. The van der Waals surface area contributed by atoms with E-state index in [1.165, 1.54) is 5.56 Å². The number of piperazine rings is 1. The molecule has 0 aromatic heterocycles. The molecule has 0 aliphatic carbocycles. The average molecular weight is 449 g/mol. The number of morpholine rings is 1. The summed E-state index contributed by atoms with van der Waals surface area (Å²) < 4.78 is 16.6. The van der Waals surface area contributed by atoms with Crippen molar-refractivity contribution in [3.05, 3.63) is 23.8 Å². The first-order valence-corrected chi connectivity index (χ1v) is 11.4. The van der Waals surface area contributed by atoms with Gasteiger partial charge in [0.2, 0.25) is 0 Å². The van der Waals surface area contributed by atoms with Crippen LogP contribution < -0.4 is 20.1 Å². The van der Waals surface area contributed by atoms with Gasteiger partial charge in [0.15, 0.2) is 17.5 Å². The average Bonchev–Trinajstić information content (AvgIpc) is 2.83. The van der Waals surface area contributed by atoms with Crippen LogP contribution in [0.1, 0.15) is 11.6 Å². The molecule has 180 valence electrons. The third-order valence-electron chi connectivity index (χ3n) is 6.45. The lowest BCUT2D eigenvalue weighted by molar-refractivity contribution is 0.0169. The zero-order valence-corrected chi connectivity index (χ0v) is 20.3. The second-order valence-electron chi connectivity index (χ2n) is 8.51. The summed E-state index contributed by atoms with van der Waals surface area (Å²) >= 11 is 0. The number of benzene rings is 1. The van der Waals surface area contributed by atoms with Gasteiger partial charge in [-0.25, -0.2) is 0 Å². The molecule has 0 spiro atoms. The minimum Gasteiger partial charge on any atom is -0.493 e. The lowest BCUT2D eigenvalue weighted by atomic mass is 10.0. The SMILES string of the molecule is CN=C(NCC1CN(C)CCN1C)NCC(c1ccc(OC)c(OC)c1)N1CCOCC1. The summed E-state index contributed by atoms with van der Waals surface area (Å²) in [6.07, 6.45) is 0. The van der Waals surface area contributed by atoms with Crippen LogP contribution in [-0.2, 0) is 4.74 Å². The summed E-state index contributed by atoms with van der Waals surface area (Å²) in [5.41, 5.74) is 1.18. The van der Waals surface area contributed by atoms with Crippen LogP contribution in [0.2, 0.25) is 0 Å². The molecule has 2 unspecified atom stereocenters. The van der Waals surface area contributed by atoms with Gasteiger partial charge in [0.05, 0.1) is 33.5 Å². The van der Waals surface area contributed by atoms with Crippen molar-refractivity contribution in [3.63, 3.8) is 0 Å².